The van der Waals surface area contributed by atoms with Crippen molar-refractivity contribution in [2.45, 2.75) is 11.1 Å². The van der Waals surface area contributed by atoms with E-state index in [1.807, 2.05) is 41.8 Å². The van der Waals surface area contributed by atoms with Crippen molar-refractivity contribution in [3.8, 4) is 10.4 Å². The van der Waals surface area contributed by atoms with Gasteiger partial charge in [0.05, 0.1) is 10.8 Å². The molecule has 0 aliphatic heterocycles. The number of hydroxylamine groups is 1. The third-order valence-electron chi connectivity index (χ3n) is 4.87. The van der Waals surface area contributed by atoms with Gasteiger partial charge in [0, 0.05) is 33.9 Å². The standard InChI is InChI=1S/C16H21N5O2S2.C9H9N/c1-20(9-13(17)10-21(18)11-15(22)19-23)25-16-8-7-14(24-16)12-5-3-2-4-6-12;1-7-6-10-9-5-3-2-4-8(7)9/h2-8,10,23H,9,11,17-18H2,1H3,(H,19,22);2-6,10H,1H3/b13-10-;. The van der Waals surface area contributed by atoms with E-state index in [4.69, 9.17) is 16.8 Å². The van der Waals surface area contributed by atoms with Gasteiger partial charge in [-0.3, -0.25) is 10.0 Å². The van der Waals surface area contributed by atoms with Crippen LogP contribution in [-0.4, -0.2) is 45.5 Å². The highest BCUT2D eigenvalue weighted by molar-refractivity contribution is 7.99. The maximum Gasteiger partial charge on any atom is 0.264 e. The number of fused-ring (bicyclic) bond motifs is 1. The summed E-state index contributed by atoms with van der Waals surface area (Å²) in [6.45, 7) is 2.40. The molecule has 4 rings (SSSR count). The summed E-state index contributed by atoms with van der Waals surface area (Å²) in [6.07, 6.45) is 3.50. The molecule has 0 aliphatic rings. The van der Waals surface area contributed by atoms with Crippen LogP contribution in [-0.2, 0) is 4.79 Å². The molecular formula is C25H30N6O2S2. The Morgan fingerprint density at radius 3 is 2.54 bits per heavy atom. The molecule has 0 fully saturated rings. The summed E-state index contributed by atoms with van der Waals surface area (Å²) in [5.74, 6) is 5.02. The number of nitrogens with zero attached hydrogens (tertiary/aromatic N) is 2. The SMILES string of the molecule is CN(C/C(N)=C/N(N)CC(=O)NO)Sc1ccc(-c2ccccc2)s1.Cc1c[nH]c2ccccc12. The van der Waals surface area contributed by atoms with E-state index in [0.29, 0.717) is 12.2 Å². The van der Waals surface area contributed by atoms with Gasteiger partial charge in [-0.1, -0.05) is 48.5 Å². The van der Waals surface area contributed by atoms with E-state index in [1.165, 1.54) is 38.6 Å². The number of carbonyl (C=O) groups excluding carboxylic acids is 1. The van der Waals surface area contributed by atoms with Crippen LogP contribution in [0.3, 0.4) is 0 Å². The maximum atomic E-state index is 11.0. The smallest absolute Gasteiger partial charge is 0.264 e. The van der Waals surface area contributed by atoms with Crippen molar-refractivity contribution < 1.29 is 10.0 Å². The lowest BCUT2D eigenvalue weighted by Gasteiger charge is -2.17. The lowest BCUT2D eigenvalue weighted by Crippen LogP contribution is -2.37. The van der Waals surface area contributed by atoms with Gasteiger partial charge in [-0.15, -0.1) is 11.3 Å². The van der Waals surface area contributed by atoms with E-state index >= 15 is 0 Å². The number of hydrazine groups is 1. The number of hydrogen-bond acceptors (Lipinski definition) is 8. The van der Waals surface area contributed by atoms with Crippen molar-refractivity contribution in [1.29, 1.82) is 0 Å². The minimum absolute atomic E-state index is 0.181. The van der Waals surface area contributed by atoms with Crippen molar-refractivity contribution in [1.82, 2.24) is 19.8 Å². The number of aromatic nitrogens is 1. The lowest BCUT2D eigenvalue weighted by atomic mass is 10.2. The van der Waals surface area contributed by atoms with Crippen molar-refractivity contribution >= 4 is 40.1 Å². The van der Waals surface area contributed by atoms with Crippen LogP contribution in [0.4, 0.5) is 0 Å². The molecule has 8 nitrogen and oxygen atoms in total. The number of aryl methyl sites for hydroxylation is 1. The first kappa shape index (κ1) is 26.3. The van der Waals surface area contributed by atoms with E-state index in [0.717, 1.165) is 9.22 Å². The van der Waals surface area contributed by atoms with Crippen LogP contribution in [0.15, 0.2) is 89.0 Å². The summed E-state index contributed by atoms with van der Waals surface area (Å²) < 4.78 is 3.13. The molecule has 0 bridgehead atoms. The zero-order valence-corrected chi connectivity index (χ0v) is 21.3. The number of likely N-dealkylation sites (N-methyl/N-ethyl adjacent to an activating group) is 1. The molecule has 2 heterocycles. The van der Waals surface area contributed by atoms with E-state index in [-0.39, 0.29) is 6.54 Å². The molecule has 184 valence electrons. The zero-order valence-electron chi connectivity index (χ0n) is 19.6. The topological polar surface area (TPSA) is 124 Å². The second kappa shape index (κ2) is 13.0. The first-order valence-corrected chi connectivity index (χ1v) is 12.4. The third kappa shape index (κ3) is 8.16. The predicted molar refractivity (Wildman–Crippen MR) is 144 cm³/mol. The number of nitrogens with two attached hydrogens (primary N) is 2. The monoisotopic (exact) mass is 510 g/mol. The lowest BCUT2D eigenvalue weighted by molar-refractivity contribution is -0.129. The summed E-state index contributed by atoms with van der Waals surface area (Å²) >= 11 is 3.30. The minimum atomic E-state index is -0.610. The van der Waals surface area contributed by atoms with Gasteiger partial charge < -0.3 is 15.7 Å². The average molecular weight is 511 g/mol. The number of carbonyl (C=O) groups is 1. The normalized spacial score (nSPS) is 11.3. The molecule has 0 spiro atoms. The number of aromatic amines is 1. The Morgan fingerprint density at radius 1 is 1.11 bits per heavy atom. The van der Waals surface area contributed by atoms with Gasteiger partial charge in [0.2, 0.25) is 0 Å². The predicted octanol–water partition coefficient (Wildman–Crippen LogP) is 4.31. The zero-order chi connectivity index (χ0) is 25.2. The molecule has 35 heavy (non-hydrogen) atoms. The number of rotatable bonds is 8. The first-order valence-electron chi connectivity index (χ1n) is 10.8. The third-order valence-corrected chi connectivity index (χ3v) is 7.03. The quantitative estimate of drug-likeness (QED) is 0.104. The molecule has 2 aromatic heterocycles. The molecule has 0 aliphatic carbocycles. The fraction of sp³-hybridized carbons (Fsp3) is 0.160. The molecule has 0 saturated heterocycles. The fourth-order valence-electron chi connectivity index (χ4n) is 3.29. The van der Waals surface area contributed by atoms with E-state index in [1.54, 1.807) is 23.3 Å². The molecule has 2 aromatic carbocycles. The van der Waals surface area contributed by atoms with Crippen LogP contribution >= 0.6 is 23.3 Å². The highest BCUT2D eigenvalue weighted by Crippen LogP contribution is 2.34. The van der Waals surface area contributed by atoms with Crippen LogP contribution in [0, 0.1) is 6.92 Å². The molecule has 7 N–H and O–H groups in total. The summed E-state index contributed by atoms with van der Waals surface area (Å²) in [5.41, 5.74) is 11.7. The van der Waals surface area contributed by atoms with Gasteiger partial charge in [0.15, 0.2) is 0 Å². The Morgan fingerprint density at radius 2 is 1.83 bits per heavy atom. The second-order valence-corrected chi connectivity index (χ2v) is 10.4. The van der Waals surface area contributed by atoms with Gasteiger partial charge >= 0.3 is 0 Å². The number of benzene rings is 2. The number of para-hydroxylation sites is 1. The van der Waals surface area contributed by atoms with E-state index in [9.17, 15) is 4.79 Å². The van der Waals surface area contributed by atoms with Crippen molar-refractivity contribution in [2.24, 2.45) is 11.6 Å². The number of hydrogen-bond donors (Lipinski definition) is 5. The van der Waals surface area contributed by atoms with Gasteiger partial charge in [0.1, 0.15) is 6.54 Å². The number of amides is 1. The number of nitrogens with one attached hydrogen (secondary N) is 2. The summed E-state index contributed by atoms with van der Waals surface area (Å²) in [6, 6.07) is 22.7. The van der Waals surface area contributed by atoms with Crippen molar-refractivity contribution in [2.75, 3.05) is 20.1 Å². The molecule has 10 heteroatoms. The molecule has 4 aromatic rings. The molecule has 0 saturated carbocycles. The van der Waals surface area contributed by atoms with Gasteiger partial charge in [-0.2, -0.15) is 0 Å². The summed E-state index contributed by atoms with van der Waals surface area (Å²) in [4.78, 5) is 15.4. The Labute approximate surface area is 213 Å². The van der Waals surface area contributed by atoms with Crippen LogP contribution < -0.4 is 17.1 Å². The first-order chi connectivity index (χ1) is 16.9. The van der Waals surface area contributed by atoms with Crippen LogP contribution in [0.2, 0.25) is 0 Å². The Bertz CT molecular complexity index is 1260. The fourth-order valence-corrected chi connectivity index (χ4v) is 5.48. The highest BCUT2D eigenvalue weighted by atomic mass is 32.2. The second-order valence-electron chi connectivity index (χ2n) is 7.79. The minimum Gasteiger partial charge on any atom is -0.400 e. The molecule has 1 amide bonds. The highest BCUT2D eigenvalue weighted by Gasteiger charge is 2.09. The Kier molecular flexibility index (Phi) is 9.76. The summed E-state index contributed by atoms with van der Waals surface area (Å²) in [5, 5.41) is 10.9. The number of H-pyrrole nitrogens is 1. The summed E-state index contributed by atoms with van der Waals surface area (Å²) in [7, 11) is 1.93. The van der Waals surface area contributed by atoms with Crippen LogP contribution in [0.1, 0.15) is 5.56 Å². The van der Waals surface area contributed by atoms with E-state index < -0.39 is 5.91 Å². The Balaban J connectivity index is 0.000000281. The average Bonchev–Trinajstić information content (AvgIpc) is 3.46. The number of thiophene rings is 1. The largest absolute Gasteiger partial charge is 0.400 e. The van der Waals surface area contributed by atoms with Gasteiger partial charge in [-0.25, -0.2) is 15.6 Å². The molecule has 0 radical (unpaired) electrons. The van der Waals surface area contributed by atoms with E-state index in [2.05, 4.69) is 54.4 Å². The Hall–Kier alpha value is -3.28. The van der Waals surface area contributed by atoms with Crippen molar-refractivity contribution in [3.63, 3.8) is 0 Å². The van der Waals surface area contributed by atoms with Crippen molar-refractivity contribution in [3.05, 3.63) is 90.4 Å². The molecular weight excluding hydrogens is 480 g/mol. The molecule has 0 atom stereocenters. The molecule has 0 unspecified atom stereocenters. The van der Waals surface area contributed by atoms with Gasteiger partial charge in [-0.05, 0) is 55.2 Å². The maximum absolute atomic E-state index is 11.0. The van der Waals surface area contributed by atoms with Crippen LogP contribution in [0.25, 0.3) is 21.3 Å². The van der Waals surface area contributed by atoms with Gasteiger partial charge in [0.25, 0.3) is 5.91 Å². The van der Waals surface area contributed by atoms with Crippen LogP contribution in [0.5, 0.6) is 0 Å².